The van der Waals surface area contributed by atoms with Crippen molar-refractivity contribution in [2.24, 2.45) is 10.9 Å². The van der Waals surface area contributed by atoms with Crippen molar-refractivity contribution in [3.05, 3.63) is 54.4 Å². The largest absolute Gasteiger partial charge is 0.381 e. The van der Waals surface area contributed by atoms with Crippen LogP contribution in [0, 0.1) is 5.92 Å². The molecule has 0 N–H and O–H groups in total. The minimum absolute atomic E-state index is 0.258. The van der Waals surface area contributed by atoms with Gasteiger partial charge in [-0.25, -0.2) is 13.4 Å². The van der Waals surface area contributed by atoms with Gasteiger partial charge in [-0.05, 0) is 62.9 Å². The van der Waals surface area contributed by atoms with E-state index in [-0.39, 0.29) is 10.3 Å². The number of rotatable bonds is 7. The Bertz CT molecular complexity index is 1310. The molecule has 33 heavy (non-hydrogen) atoms. The first kappa shape index (κ1) is 22.1. The molecule has 1 saturated heterocycles. The number of benzene rings is 2. The van der Waals surface area contributed by atoms with Crippen LogP contribution < -0.4 is 4.31 Å². The fourth-order valence-electron chi connectivity index (χ4n) is 4.62. The molecule has 5 rings (SSSR count). The molecule has 2 aliphatic heterocycles. The summed E-state index contributed by atoms with van der Waals surface area (Å²) in [7, 11) is -2.06. The van der Waals surface area contributed by atoms with E-state index in [1.807, 2.05) is 24.3 Å². The first-order valence-corrected chi connectivity index (χ1v) is 12.9. The third kappa shape index (κ3) is 4.06. The second kappa shape index (κ2) is 8.25. The van der Waals surface area contributed by atoms with Crippen molar-refractivity contribution < 1.29 is 13.2 Å². The molecule has 0 amide bonds. The molecular weight excluding hydrogens is 436 g/mol. The van der Waals surface area contributed by atoms with E-state index in [1.165, 1.54) is 4.31 Å². The summed E-state index contributed by atoms with van der Waals surface area (Å²) in [6.45, 7) is 7.62. The molecule has 2 aromatic carbocycles. The molecule has 0 radical (unpaired) electrons. The smallest absolute Gasteiger partial charge is 0.264 e. The van der Waals surface area contributed by atoms with Crippen molar-refractivity contribution in [2.45, 2.75) is 43.5 Å². The zero-order valence-electron chi connectivity index (χ0n) is 19.4. The zero-order chi connectivity index (χ0) is 23.2. The lowest BCUT2D eigenvalue weighted by Crippen LogP contribution is -2.30. The number of fused-ring (bicyclic) bond motifs is 1. The molecule has 1 fully saturated rings. The van der Waals surface area contributed by atoms with Crippen molar-refractivity contribution in [3.8, 4) is 0 Å². The van der Waals surface area contributed by atoms with Gasteiger partial charge in [-0.3, -0.25) is 9.30 Å². The third-order valence-corrected chi connectivity index (χ3v) is 8.68. The Hall–Kier alpha value is -2.71. The summed E-state index contributed by atoms with van der Waals surface area (Å²) >= 11 is 0. The first-order valence-electron chi connectivity index (χ1n) is 11.4. The fourth-order valence-corrected chi connectivity index (χ4v) is 5.82. The topological polar surface area (TPSA) is 76.8 Å². The highest BCUT2D eigenvalue weighted by Gasteiger charge is 2.38. The van der Waals surface area contributed by atoms with Crippen LogP contribution in [0.3, 0.4) is 0 Å². The lowest BCUT2D eigenvalue weighted by atomic mass is 9.88. The minimum atomic E-state index is -3.65. The van der Waals surface area contributed by atoms with Crippen LogP contribution in [0.25, 0.3) is 11.0 Å². The predicted octanol–water partition coefficient (Wildman–Crippen LogP) is 4.02. The summed E-state index contributed by atoms with van der Waals surface area (Å²) in [5.41, 5.74) is 3.33. The van der Waals surface area contributed by atoms with Crippen LogP contribution in [0.2, 0.25) is 0 Å². The second-order valence-electron chi connectivity index (χ2n) is 9.45. The Morgan fingerprint density at radius 1 is 1.12 bits per heavy atom. The highest BCUT2D eigenvalue weighted by Crippen LogP contribution is 2.35. The van der Waals surface area contributed by atoms with Gasteiger partial charge in [0.15, 0.2) is 0 Å². The number of ether oxygens (including phenoxy) is 1. The number of nitrogens with zero attached hydrogens (tertiary/aromatic N) is 4. The van der Waals surface area contributed by atoms with Gasteiger partial charge in [0.1, 0.15) is 5.82 Å². The van der Waals surface area contributed by atoms with Gasteiger partial charge in [0.2, 0.25) is 0 Å². The van der Waals surface area contributed by atoms with E-state index in [0.29, 0.717) is 11.6 Å². The Labute approximate surface area is 195 Å². The summed E-state index contributed by atoms with van der Waals surface area (Å²) in [6.07, 6.45) is 2.08. The molecule has 0 atom stereocenters. The molecule has 3 aromatic rings. The summed E-state index contributed by atoms with van der Waals surface area (Å²) in [6, 6.07) is 14.3. The Morgan fingerprint density at radius 2 is 1.82 bits per heavy atom. The van der Waals surface area contributed by atoms with Crippen molar-refractivity contribution in [1.29, 1.82) is 0 Å². The molecule has 1 aromatic heterocycles. The number of sulfonamides is 1. The van der Waals surface area contributed by atoms with Crippen LogP contribution in [-0.2, 0) is 26.7 Å². The van der Waals surface area contributed by atoms with E-state index in [0.717, 1.165) is 61.7 Å². The molecule has 0 unspecified atom stereocenters. The molecule has 0 spiro atoms. The highest BCUT2D eigenvalue weighted by atomic mass is 32.2. The molecule has 7 nitrogen and oxygen atoms in total. The molecule has 174 valence electrons. The van der Waals surface area contributed by atoms with Crippen LogP contribution >= 0.6 is 0 Å². The van der Waals surface area contributed by atoms with Gasteiger partial charge in [0.25, 0.3) is 10.0 Å². The summed E-state index contributed by atoms with van der Waals surface area (Å²) in [4.78, 5) is 9.78. The molecule has 0 saturated carbocycles. The van der Waals surface area contributed by atoms with E-state index in [2.05, 4.69) is 23.4 Å². The van der Waals surface area contributed by atoms with Crippen LogP contribution in [-0.4, -0.2) is 50.5 Å². The van der Waals surface area contributed by atoms with Crippen LogP contribution in [0.1, 0.15) is 32.5 Å². The number of imidazole rings is 1. The highest BCUT2D eigenvalue weighted by molar-refractivity contribution is 7.92. The van der Waals surface area contributed by atoms with Crippen molar-refractivity contribution in [3.63, 3.8) is 0 Å². The minimum Gasteiger partial charge on any atom is -0.381 e. The lowest BCUT2D eigenvalue weighted by molar-refractivity contribution is 0.0612. The molecular formula is C25H30N4O3S. The Morgan fingerprint density at radius 3 is 2.48 bits per heavy atom. The van der Waals surface area contributed by atoms with E-state index >= 15 is 0 Å². The van der Waals surface area contributed by atoms with E-state index in [4.69, 9.17) is 9.72 Å². The van der Waals surface area contributed by atoms with E-state index < -0.39 is 10.0 Å². The Balaban J connectivity index is 1.56. The number of aromatic nitrogens is 2. The number of hydrogen-bond acceptors (Lipinski definition) is 5. The van der Waals surface area contributed by atoms with Crippen molar-refractivity contribution >= 4 is 32.5 Å². The average molecular weight is 467 g/mol. The fraction of sp³-hybridized carbons (Fsp3) is 0.440. The maximum absolute atomic E-state index is 13.1. The van der Waals surface area contributed by atoms with Crippen LogP contribution in [0.4, 0.5) is 5.69 Å². The van der Waals surface area contributed by atoms with Gasteiger partial charge in [0.05, 0.1) is 33.6 Å². The van der Waals surface area contributed by atoms with Gasteiger partial charge in [-0.1, -0.05) is 18.2 Å². The normalized spacial score (nSPS) is 17.2. The average Bonchev–Trinajstić information content (AvgIpc) is 3.63. The zero-order valence-corrected chi connectivity index (χ0v) is 20.2. The van der Waals surface area contributed by atoms with Crippen LogP contribution in [0.5, 0.6) is 0 Å². The van der Waals surface area contributed by atoms with Gasteiger partial charge in [-0.15, -0.1) is 0 Å². The van der Waals surface area contributed by atoms with Crippen molar-refractivity contribution in [2.75, 3.05) is 31.1 Å². The molecule has 3 heterocycles. The van der Waals surface area contributed by atoms with Crippen LogP contribution in [0.15, 0.2) is 58.4 Å². The molecule has 2 aliphatic rings. The van der Waals surface area contributed by atoms with Gasteiger partial charge in [-0.2, -0.15) is 0 Å². The maximum Gasteiger partial charge on any atom is 0.264 e. The maximum atomic E-state index is 13.1. The monoisotopic (exact) mass is 466 g/mol. The molecule has 0 bridgehead atoms. The number of anilines is 1. The van der Waals surface area contributed by atoms with Gasteiger partial charge >= 0.3 is 0 Å². The predicted molar refractivity (Wildman–Crippen MR) is 131 cm³/mol. The third-order valence-electron chi connectivity index (χ3n) is 6.88. The summed E-state index contributed by atoms with van der Waals surface area (Å²) in [5.74, 6) is 1.53. The summed E-state index contributed by atoms with van der Waals surface area (Å²) in [5, 5.41) is 0. The number of hydrogen-bond donors (Lipinski definition) is 0. The van der Waals surface area contributed by atoms with Gasteiger partial charge < -0.3 is 9.30 Å². The molecule has 0 aliphatic carbocycles. The SMILES string of the molecule is CN(c1ccc2c(c1)nc(C(C)(C)C1=NC1)n2CC1CCOCC1)S(=O)(=O)c1ccccc1. The molecule has 8 heteroatoms. The van der Waals surface area contributed by atoms with E-state index in [1.54, 1.807) is 31.3 Å². The summed E-state index contributed by atoms with van der Waals surface area (Å²) < 4.78 is 35.5. The quantitative estimate of drug-likeness (QED) is 0.527. The number of aliphatic imine (C=N–C) groups is 1. The van der Waals surface area contributed by atoms with E-state index in [9.17, 15) is 8.42 Å². The standard InChI is InChI=1S/C25H30N4O3S/c1-25(2,23-16-26-23)24-27-21-15-19(28(3)33(30,31)20-7-5-4-6-8-20)9-10-22(21)29(24)17-18-11-13-32-14-12-18/h4-10,15,18H,11-14,16-17H2,1-3H3. The first-order chi connectivity index (χ1) is 15.8. The Kier molecular flexibility index (Phi) is 5.53. The van der Waals surface area contributed by atoms with Crippen molar-refractivity contribution in [1.82, 2.24) is 9.55 Å². The van der Waals surface area contributed by atoms with Gasteiger partial charge in [0, 0.05) is 32.5 Å². The second-order valence-corrected chi connectivity index (χ2v) is 11.4. The lowest BCUT2D eigenvalue weighted by Gasteiger charge is -2.27.